The highest BCUT2D eigenvalue weighted by Gasteiger charge is 2.14. The predicted molar refractivity (Wildman–Crippen MR) is 123 cm³/mol. The zero-order chi connectivity index (χ0) is 21.9. The molecule has 32 heavy (non-hydrogen) atoms. The number of carbonyl (C=O) groups is 1. The molecule has 1 aromatic carbocycles. The molecule has 3 aromatic heterocycles. The third-order valence-corrected chi connectivity index (χ3v) is 5.58. The molecule has 1 saturated heterocycles. The fourth-order valence-electron chi connectivity index (χ4n) is 3.89. The van der Waals surface area contributed by atoms with Gasteiger partial charge in [0.2, 0.25) is 0 Å². The van der Waals surface area contributed by atoms with Gasteiger partial charge in [0.05, 0.1) is 23.0 Å². The van der Waals surface area contributed by atoms with Crippen LogP contribution >= 0.6 is 0 Å². The molecule has 162 valence electrons. The van der Waals surface area contributed by atoms with Gasteiger partial charge in [-0.15, -0.1) is 10.2 Å². The van der Waals surface area contributed by atoms with Crippen molar-refractivity contribution in [2.45, 2.75) is 18.9 Å². The number of pyridine rings is 1. The smallest absolute Gasteiger partial charge is 0.258 e. The minimum absolute atomic E-state index is 0.275. The average molecular weight is 429 g/mol. The molecule has 4 heterocycles. The molecule has 9 heteroatoms. The lowest BCUT2D eigenvalue weighted by atomic mass is 10.1. The highest BCUT2D eigenvalue weighted by molar-refractivity contribution is 6.04. The number of rotatable bonds is 5. The fraction of sp³-hybridized carbons (Fsp3) is 0.261. The van der Waals surface area contributed by atoms with Gasteiger partial charge in [-0.05, 0) is 55.8 Å². The van der Waals surface area contributed by atoms with Gasteiger partial charge < -0.3 is 16.0 Å². The summed E-state index contributed by atoms with van der Waals surface area (Å²) >= 11 is 0. The summed E-state index contributed by atoms with van der Waals surface area (Å²) in [7, 11) is 1.88. The van der Waals surface area contributed by atoms with Crippen molar-refractivity contribution in [3.05, 3.63) is 60.7 Å². The van der Waals surface area contributed by atoms with Crippen molar-refractivity contribution in [2.75, 3.05) is 23.7 Å². The number of aromatic nitrogens is 5. The predicted octanol–water partition coefficient (Wildman–Crippen LogP) is 2.84. The van der Waals surface area contributed by atoms with E-state index in [-0.39, 0.29) is 5.91 Å². The van der Waals surface area contributed by atoms with Gasteiger partial charge in [-0.3, -0.25) is 14.5 Å². The summed E-state index contributed by atoms with van der Waals surface area (Å²) in [6.07, 6.45) is 9.16. The van der Waals surface area contributed by atoms with Crippen LogP contribution in [0, 0.1) is 0 Å². The maximum Gasteiger partial charge on any atom is 0.258 e. The van der Waals surface area contributed by atoms with Gasteiger partial charge in [0.15, 0.2) is 5.82 Å². The van der Waals surface area contributed by atoms with Crippen LogP contribution in [0.1, 0.15) is 23.2 Å². The molecule has 0 unspecified atom stereocenters. The monoisotopic (exact) mass is 428 g/mol. The van der Waals surface area contributed by atoms with Crippen molar-refractivity contribution in [1.82, 2.24) is 30.3 Å². The molecule has 1 amide bonds. The van der Waals surface area contributed by atoms with Crippen molar-refractivity contribution in [3.8, 4) is 11.1 Å². The molecule has 9 nitrogen and oxygen atoms in total. The Morgan fingerprint density at radius 1 is 1.06 bits per heavy atom. The summed E-state index contributed by atoms with van der Waals surface area (Å²) < 4.78 is 1.76. The molecular formula is C23H24N8O. The Labute approximate surface area is 185 Å². The minimum Gasteiger partial charge on any atom is -0.381 e. The van der Waals surface area contributed by atoms with Gasteiger partial charge in [0, 0.05) is 42.6 Å². The van der Waals surface area contributed by atoms with Crippen LogP contribution in [0.3, 0.4) is 0 Å². The third-order valence-electron chi connectivity index (χ3n) is 5.58. The highest BCUT2D eigenvalue weighted by Crippen LogP contribution is 2.24. The van der Waals surface area contributed by atoms with Gasteiger partial charge in [-0.25, -0.2) is 0 Å². The van der Waals surface area contributed by atoms with E-state index in [4.69, 9.17) is 0 Å². The van der Waals surface area contributed by atoms with Gasteiger partial charge in [-0.1, -0.05) is 6.07 Å². The van der Waals surface area contributed by atoms with E-state index in [2.05, 4.69) is 36.2 Å². The molecule has 1 aliphatic heterocycles. The minimum atomic E-state index is -0.275. The summed E-state index contributed by atoms with van der Waals surface area (Å²) in [5.74, 6) is 0.117. The van der Waals surface area contributed by atoms with Crippen LogP contribution in [-0.2, 0) is 7.05 Å². The maximum atomic E-state index is 12.8. The van der Waals surface area contributed by atoms with Crippen LogP contribution in [-0.4, -0.2) is 50.0 Å². The van der Waals surface area contributed by atoms with Crippen molar-refractivity contribution in [2.24, 2.45) is 7.05 Å². The molecule has 4 aromatic rings. The normalized spacial score (nSPS) is 14.4. The number of nitrogens with one attached hydrogen (secondary N) is 3. The van der Waals surface area contributed by atoms with Crippen LogP contribution in [0.4, 0.5) is 11.5 Å². The molecule has 0 aliphatic carbocycles. The van der Waals surface area contributed by atoms with Crippen LogP contribution in [0.5, 0.6) is 0 Å². The maximum absolute atomic E-state index is 12.8. The fourth-order valence-corrected chi connectivity index (χ4v) is 3.89. The van der Waals surface area contributed by atoms with Crippen LogP contribution < -0.4 is 16.0 Å². The van der Waals surface area contributed by atoms with Crippen molar-refractivity contribution < 1.29 is 4.79 Å². The lowest BCUT2D eigenvalue weighted by Crippen LogP contribution is -2.35. The summed E-state index contributed by atoms with van der Waals surface area (Å²) in [6.45, 7) is 1.99. The Morgan fingerprint density at radius 2 is 1.94 bits per heavy atom. The molecule has 5 rings (SSSR count). The molecule has 1 aliphatic rings. The Kier molecular flexibility index (Phi) is 5.47. The average Bonchev–Trinajstić information content (AvgIpc) is 3.26. The van der Waals surface area contributed by atoms with Crippen molar-refractivity contribution >= 4 is 28.3 Å². The zero-order valence-electron chi connectivity index (χ0n) is 17.7. The second kappa shape index (κ2) is 8.72. The van der Waals surface area contributed by atoms with Gasteiger partial charge in [0.25, 0.3) is 5.91 Å². The molecule has 0 bridgehead atoms. The number of hydrogen-bond acceptors (Lipinski definition) is 7. The molecule has 0 atom stereocenters. The van der Waals surface area contributed by atoms with Crippen molar-refractivity contribution in [3.63, 3.8) is 0 Å². The molecule has 0 saturated carbocycles. The first kappa shape index (κ1) is 20.1. The Balaban J connectivity index is 1.33. The van der Waals surface area contributed by atoms with E-state index in [1.165, 1.54) is 0 Å². The van der Waals surface area contributed by atoms with E-state index in [0.717, 1.165) is 53.6 Å². The van der Waals surface area contributed by atoms with Crippen LogP contribution in [0.15, 0.2) is 55.1 Å². The van der Waals surface area contributed by atoms with Crippen LogP contribution in [0.25, 0.3) is 22.0 Å². The Bertz CT molecular complexity index is 1260. The number of amides is 1. The lowest BCUT2D eigenvalue weighted by Gasteiger charge is -2.24. The summed E-state index contributed by atoms with van der Waals surface area (Å²) in [6, 6.07) is 9.94. The number of nitrogens with zero attached hydrogens (tertiary/aromatic N) is 5. The number of carbonyl (C=O) groups excluding carboxylic acids is 1. The summed E-state index contributed by atoms with van der Waals surface area (Å²) in [4.78, 5) is 17.0. The quantitative estimate of drug-likeness (QED) is 0.448. The number of anilines is 2. The van der Waals surface area contributed by atoms with E-state index in [1.807, 2.05) is 49.8 Å². The molecule has 0 spiro atoms. The number of piperidine rings is 1. The SMILES string of the molecule is Cn1cc(-c2ccc3nnc(NC(=O)c4cncc(NC5CCNCC5)c4)cc3c2)cn1. The van der Waals surface area contributed by atoms with E-state index < -0.39 is 0 Å². The molecule has 1 fully saturated rings. The van der Waals surface area contributed by atoms with E-state index in [9.17, 15) is 4.79 Å². The first-order valence-corrected chi connectivity index (χ1v) is 10.6. The lowest BCUT2D eigenvalue weighted by molar-refractivity contribution is 0.102. The number of benzene rings is 1. The number of hydrogen-bond donors (Lipinski definition) is 3. The second-order valence-corrected chi connectivity index (χ2v) is 7.99. The second-order valence-electron chi connectivity index (χ2n) is 7.99. The standard InChI is InChI=1S/C23H24N8O/c1-31-14-18(12-26-31)15-2-3-21-16(8-15)10-22(30-29-21)28-23(32)17-9-20(13-25-11-17)27-19-4-6-24-7-5-19/h2-3,8-14,19,24,27H,4-7H2,1H3,(H,28,30,32). The Hall–Kier alpha value is -3.85. The topological polar surface area (TPSA) is 110 Å². The third kappa shape index (κ3) is 4.42. The van der Waals surface area contributed by atoms with Crippen LogP contribution in [0.2, 0.25) is 0 Å². The molecular weight excluding hydrogens is 404 g/mol. The van der Waals surface area contributed by atoms with Gasteiger partial charge in [-0.2, -0.15) is 5.10 Å². The number of fused-ring (bicyclic) bond motifs is 1. The summed E-state index contributed by atoms with van der Waals surface area (Å²) in [5, 5.41) is 23.2. The first-order chi connectivity index (χ1) is 15.6. The zero-order valence-corrected chi connectivity index (χ0v) is 17.7. The van der Waals surface area contributed by atoms with Crippen molar-refractivity contribution in [1.29, 1.82) is 0 Å². The first-order valence-electron chi connectivity index (χ1n) is 10.6. The highest BCUT2D eigenvalue weighted by atomic mass is 16.1. The summed E-state index contributed by atoms with van der Waals surface area (Å²) in [5.41, 5.74) is 4.10. The molecule has 3 N–H and O–H groups in total. The van der Waals surface area contributed by atoms with E-state index >= 15 is 0 Å². The molecule has 0 radical (unpaired) electrons. The van der Waals surface area contributed by atoms with E-state index in [1.54, 1.807) is 17.1 Å². The van der Waals surface area contributed by atoms with E-state index in [0.29, 0.717) is 17.4 Å². The Morgan fingerprint density at radius 3 is 2.75 bits per heavy atom. The van der Waals surface area contributed by atoms with Gasteiger partial charge >= 0.3 is 0 Å². The largest absolute Gasteiger partial charge is 0.381 e. The number of aryl methyl sites for hydroxylation is 1. The van der Waals surface area contributed by atoms with Gasteiger partial charge in [0.1, 0.15) is 0 Å².